The zero-order valence-electron chi connectivity index (χ0n) is 14.8. The molecule has 2 rings (SSSR count). The monoisotopic (exact) mass is 315 g/mol. The minimum Gasteiger partial charge on any atom is -0.493 e. The van der Waals surface area contributed by atoms with E-state index < -0.39 is 0 Å². The molecule has 3 heteroatoms. The molecule has 0 fully saturated rings. The standard InChI is InChI=1S/C20H29NO2/c1-15(2)18-9-5-10-19(16(3)4)20(18)23-13-7-11-21-14-17-8-6-12-22-17/h5-6,8-10,12,15-16,21H,7,11,13-14H2,1-4H3. The highest BCUT2D eigenvalue weighted by atomic mass is 16.5. The van der Waals surface area contributed by atoms with Crippen LogP contribution in [-0.4, -0.2) is 13.2 Å². The molecule has 2 aromatic rings. The molecular weight excluding hydrogens is 286 g/mol. The third-order valence-corrected chi connectivity index (χ3v) is 3.94. The molecule has 0 spiro atoms. The SMILES string of the molecule is CC(C)c1cccc(C(C)C)c1OCCCNCc1ccco1. The molecule has 0 unspecified atom stereocenters. The van der Waals surface area contributed by atoms with Crippen LogP contribution in [0, 0.1) is 0 Å². The van der Waals surface area contributed by atoms with Crippen LogP contribution in [-0.2, 0) is 6.54 Å². The molecule has 3 nitrogen and oxygen atoms in total. The van der Waals surface area contributed by atoms with Crippen molar-refractivity contribution in [2.75, 3.05) is 13.2 Å². The van der Waals surface area contributed by atoms with Crippen molar-refractivity contribution >= 4 is 0 Å². The summed E-state index contributed by atoms with van der Waals surface area (Å²) in [6, 6.07) is 10.4. The third-order valence-electron chi connectivity index (χ3n) is 3.94. The lowest BCUT2D eigenvalue weighted by molar-refractivity contribution is 0.299. The second-order valence-electron chi connectivity index (χ2n) is 6.53. The van der Waals surface area contributed by atoms with Gasteiger partial charge in [0.05, 0.1) is 19.4 Å². The Labute approximate surface area is 140 Å². The van der Waals surface area contributed by atoms with Crippen molar-refractivity contribution in [2.24, 2.45) is 0 Å². The summed E-state index contributed by atoms with van der Waals surface area (Å²) < 4.78 is 11.5. The van der Waals surface area contributed by atoms with E-state index in [4.69, 9.17) is 9.15 Å². The fraction of sp³-hybridized carbons (Fsp3) is 0.500. The molecule has 1 N–H and O–H groups in total. The lowest BCUT2D eigenvalue weighted by Crippen LogP contribution is -2.17. The molecule has 0 saturated carbocycles. The Bertz CT molecular complexity index is 547. The summed E-state index contributed by atoms with van der Waals surface area (Å²) in [5.74, 6) is 3.00. The quantitative estimate of drug-likeness (QED) is 0.655. The van der Waals surface area contributed by atoms with Crippen molar-refractivity contribution in [3.63, 3.8) is 0 Å². The van der Waals surface area contributed by atoms with Crippen LogP contribution < -0.4 is 10.1 Å². The fourth-order valence-electron chi connectivity index (χ4n) is 2.65. The molecule has 1 aromatic carbocycles. The van der Waals surface area contributed by atoms with Crippen LogP contribution in [0.4, 0.5) is 0 Å². The molecule has 1 heterocycles. The Hall–Kier alpha value is -1.74. The fourth-order valence-corrected chi connectivity index (χ4v) is 2.65. The highest BCUT2D eigenvalue weighted by molar-refractivity contribution is 5.44. The van der Waals surface area contributed by atoms with Gasteiger partial charge in [-0.15, -0.1) is 0 Å². The van der Waals surface area contributed by atoms with Crippen LogP contribution in [0.15, 0.2) is 41.0 Å². The van der Waals surface area contributed by atoms with Crippen molar-refractivity contribution in [3.8, 4) is 5.75 Å². The molecule has 0 bridgehead atoms. The summed E-state index contributed by atoms with van der Waals surface area (Å²) in [7, 11) is 0. The van der Waals surface area contributed by atoms with Crippen LogP contribution in [0.5, 0.6) is 5.75 Å². The normalized spacial score (nSPS) is 11.4. The lowest BCUT2D eigenvalue weighted by atomic mass is 9.94. The maximum atomic E-state index is 6.16. The molecular formula is C20H29NO2. The van der Waals surface area contributed by atoms with E-state index in [1.54, 1.807) is 6.26 Å². The van der Waals surface area contributed by atoms with Crippen molar-refractivity contribution in [2.45, 2.75) is 52.5 Å². The second-order valence-corrected chi connectivity index (χ2v) is 6.53. The van der Waals surface area contributed by atoms with Crippen LogP contribution in [0.1, 0.15) is 62.8 Å². The van der Waals surface area contributed by atoms with Gasteiger partial charge >= 0.3 is 0 Å². The number of nitrogens with one attached hydrogen (secondary N) is 1. The third kappa shape index (κ3) is 5.14. The topological polar surface area (TPSA) is 34.4 Å². The number of rotatable bonds is 9. The van der Waals surface area contributed by atoms with Crippen molar-refractivity contribution in [1.82, 2.24) is 5.32 Å². The maximum Gasteiger partial charge on any atom is 0.126 e. The van der Waals surface area contributed by atoms with Gasteiger partial charge in [-0.2, -0.15) is 0 Å². The summed E-state index contributed by atoms with van der Waals surface area (Å²) in [4.78, 5) is 0. The first kappa shape index (κ1) is 17.6. The van der Waals surface area contributed by atoms with Gasteiger partial charge in [-0.3, -0.25) is 0 Å². The van der Waals surface area contributed by atoms with Gasteiger partial charge in [0.25, 0.3) is 0 Å². The van der Waals surface area contributed by atoms with Crippen LogP contribution in [0.2, 0.25) is 0 Å². The van der Waals surface area contributed by atoms with Crippen LogP contribution >= 0.6 is 0 Å². The van der Waals surface area contributed by atoms with E-state index >= 15 is 0 Å². The lowest BCUT2D eigenvalue weighted by Gasteiger charge is -2.20. The van der Waals surface area contributed by atoms with E-state index in [9.17, 15) is 0 Å². The molecule has 0 saturated heterocycles. The van der Waals surface area contributed by atoms with Gasteiger partial charge in [0.1, 0.15) is 11.5 Å². The van der Waals surface area contributed by atoms with Gasteiger partial charge in [0.2, 0.25) is 0 Å². The zero-order valence-corrected chi connectivity index (χ0v) is 14.8. The Morgan fingerprint density at radius 3 is 2.26 bits per heavy atom. The summed E-state index contributed by atoms with van der Waals surface area (Å²) in [5, 5.41) is 3.38. The van der Waals surface area contributed by atoms with Crippen molar-refractivity contribution < 1.29 is 9.15 Å². The minimum atomic E-state index is 0.473. The van der Waals surface area contributed by atoms with Gasteiger partial charge in [-0.1, -0.05) is 45.9 Å². The van der Waals surface area contributed by atoms with Crippen LogP contribution in [0.3, 0.4) is 0 Å². The van der Waals surface area contributed by atoms with Crippen molar-refractivity contribution in [3.05, 3.63) is 53.5 Å². The average molecular weight is 315 g/mol. The minimum absolute atomic E-state index is 0.473. The number of hydrogen-bond acceptors (Lipinski definition) is 3. The van der Waals surface area contributed by atoms with Gasteiger partial charge in [0, 0.05) is 0 Å². The van der Waals surface area contributed by atoms with E-state index in [0.717, 1.165) is 37.6 Å². The molecule has 0 radical (unpaired) electrons. The van der Waals surface area contributed by atoms with Gasteiger partial charge < -0.3 is 14.5 Å². The molecule has 1 aromatic heterocycles. The summed E-state index contributed by atoms with van der Waals surface area (Å²) in [5.41, 5.74) is 2.61. The van der Waals surface area contributed by atoms with Gasteiger partial charge in [-0.25, -0.2) is 0 Å². The zero-order chi connectivity index (χ0) is 16.7. The predicted molar refractivity (Wildman–Crippen MR) is 95.1 cm³/mol. The average Bonchev–Trinajstić information content (AvgIpc) is 3.03. The summed E-state index contributed by atoms with van der Waals surface area (Å²) in [6.07, 6.45) is 2.68. The Morgan fingerprint density at radius 1 is 1.00 bits per heavy atom. The Morgan fingerprint density at radius 2 is 1.70 bits per heavy atom. The van der Waals surface area contributed by atoms with Crippen LogP contribution in [0.25, 0.3) is 0 Å². The molecule has 0 aliphatic rings. The van der Waals surface area contributed by atoms with E-state index in [1.165, 1.54) is 11.1 Å². The highest BCUT2D eigenvalue weighted by Gasteiger charge is 2.14. The van der Waals surface area contributed by atoms with Gasteiger partial charge in [-0.05, 0) is 48.1 Å². The molecule has 0 aliphatic heterocycles. The Kier molecular flexibility index (Phi) is 6.72. The largest absolute Gasteiger partial charge is 0.493 e. The first-order valence-corrected chi connectivity index (χ1v) is 8.58. The number of hydrogen-bond donors (Lipinski definition) is 1. The molecule has 0 amide bonds. The number of para-hydroxylation sites is 1. The van der Waals surface area contributed by atoms with E-state index in [2.05, 4.69) is 51.2 Å². The first-order chi connectivity index (χ1) is 11.1. The van der Waals surface area contributed by atoms with E-state index in [-0.39, 0.29) is 0 Å². The van der Waals surface area contributed by atoms with E-state index in [1.807, 2.05) is 12.1 Å². The van der Waals surface area contributed by atoms with E-state index in [0.29, 0.717) is 11.8 Å². The predicted octanol–water partition coefficient (Wildman–Crippen LogP) is 5.09. The molecule has 0 atom stereocenters. The summed E-state index contributed by atoms with van der Waals surface area (Å²) >= 11 is 0. The summed E-state index contributed by atoms with van der Waals surface area (Å²) in [6.45, 7) is 11.3. The molecule has 23 heavy (non-hydrogen) atoms. The number of benzene rings is 1. The molecule has 0 aliphatic carbocycles. The van der Waals surface area contributed by atoms with Crippen molar-refractivity contribution in [1.29, 1.82) is 0 Å². The Balaban J connectivity index is 1.84. The van der Waals surface area contributed by atoms with Gasteiger partial charge in [0.15, 0.2) is 0 Å². The second kappa shape index (κ2) is 8.78. The number of furan rings is 1. The molecule has 126 valence electrons. The first-order valence-electron chi connectivity index (χ1n) is 8.58. The smallest absolute Gasteiger partial charge is 0.126 e. The maximum absolute atomic E-state index is 6.16. The number of ether oxygens (including phenoxy) is 1. The highest BCUT2D eigenvalue weighted by Crippen LogP contribution is 2.34.